The Balaban J connectivity index is 2.38. The molecule has 1 N–H and O–H groups in total. The Labute approximate surface area is 144 Å². The van der Waals surface area contributed by atoms with Crippen LogP contribution in [0, 0.1) is 11.8 Å². The zero-order valence-electron chi connectivity index (χ0n) is 14.9. The number of ether oxygens (including phenoxy) is 1. The first-order valence-corrected chi connectivity index (χ1v) is 8.92. The lowest BCUT2D eigenvalue weighted by atomic mass is 9.61. The van der Waals surface area contributed by atoms with Crippen LogP contribution >= 0.6 is 0 Å². The Morgan fingerprint density at radius 1 is 1.42 bits per heavy atom. The smallest absolute Gasteiger partial charge is 0.306 e. The maximum Gasteiger partial charge on any atom is 0.306 e. The standard InChI is InChI=1S/C20H28O4/c1-4-10-20(15-7-6-8-16(12-15)24-5-2)11-9-18(21)17(13-20)14(3)19(22)23/h6-8,12,14,17H,4-5,9-11,13H2,1-3H3,(H,22,23). The SMILES string of the molecule is CCCC1(c2cccc(OCC)c2)CCC(=O)C(C(C)C(=O)O)C1. The highest BCUT2D eigenvalue weighted by molar-refractivity contribution is 5.87. The van der Waals surface area contributed by atoms with Gasteiger partial charge in [-0.3, -0.25) is 9.59 Å². The fraction of sp³-hybridized carbons (Fsp3) is 0.600. The second-order valence-electron chi connectivity index (χ2n) is 6.90. The van der Waals surface area contributed by atoms with Gasteiger partial charge in [-0.25, -0.2) is 0 Å². The van der Waals surface area contributed by atoms with Crippen LogP contribution in [0.5, 0.6) is 5.75 Å². The second-order valence-corrected chi connectivity index (χ2v) is 6.90. The number of rotatable bonds is 7. The first kappa shape index (κ1) is 18.5. The predicted octanol–water partition coefficient (Wildman–Crippen LogP) is 4.21. The third-order valence-corrected chi connectivity index (χ3v) is 5.35. The van der Waals surface area contributed by atoms with Crippen molar-refractivity contribution in [2.24, 2.45) is 11.8 Å². The van der Waals surface area contributed by atoms with Gasteiger partial charge in [-0.15, -0.1) is 0 Å². The Morgan fingerprint density at radius 3 is 2.79 bits per heavy atom. The average molecular weight is 332 g/mol. The zero-order valence-corrected chi connectivity index (χ0v) is 14.9. The van der Waals surface area contributed by atoms with Crippen LogP contribution in [0.2, 0.25) is 0 Å². The Bertz CT molecular complexity index is 595. The molecular weight excluding hydrogens is 304 g/mol. The van der Waals surface area contributed by atoms with Crippen LogP contribution < -0.4 is 4.74 Å². The van der Waals surface area contributed by atoms with Crippen molar-refractivity contribution >= 4 is 11.8 Å². The molecule has 0 aliphatic heterocycles. The molecular formula is C20H28O4. The molecule has 0 amide bonds. The van der Waals surface area contributed by atoms with Crippen LogP contribution in [0.4, 0.5) is 0 Å². The molecule has 0 saturated heterocycles. The van der Waals surface area contributed by atoms with Gasteiger partial charge in [0.05, 0.1) is 12.5 Å². The van der Waals surface area contributed by atoms with E-state index < -0.39 is 17.8 Å². The summed E-state index contributed by atoms with van der Waals surface area (Å²) >= 11 is 0. The molecule has 0 radical (unpaired) electrons. The number of hydrogen-bond donors (Lipinski definition) is 1. The number of benzene rings is 1. The molecule has 0 bridgehead atoms. The lowest BCUT2D eigenvalue weighted by molar-refractivity contribution is -0.147. The van der Waals surface area contributed by atoms with Gasteiger partial charge in [0, 0.05) is 12.3 Å². The van der Waals surface area contributed by atoms with Crippen molar-refractivity contribution in [2.45, 2.75) is 58.3 Å². The van der Waals surface area contributed by atoms with E-state index in [4.69, 9.17) is 4.74 Å². The van der Waals surface area contributed by atoms with E-state index in [0.29, 0.717) is 19.4 Å². The van der Waals surface area contributed by atoms with Crippen molar-refractivity contribution in [3.8, 4) is 5.75 Å². The molecule has 1 aromatic carbocycles. The summed E-state index contributed by atoms with van der Waals surface area (Å²) in [6.45, 7) is 6.36. The van der Waals surface area contributed by atoms with Crippen molar-refractivity contribution in [3.05, 3.63) is 29.8 Å². The molecule has 1 aliphatic rings. The number of ketones is 1. The molecule has 1 aromatic rings. The molecule has 24 heavy (non-hydrogen) atoms. The normalized spacial score (nSPS) is 25.3. The summed E-state index contributed by atoms with van der Waals surface area (Å²) in [6.07, 6.45) is 3.82. The fourth-order valence-corrected chi connectivity index (χ4v) is 4.01. The first-order chi connectivity index (χ1) is 11.4. The van der Waals surface area contributed by atoms with Gasteiger partial charge in [-0.1, -0.05) is 32.4 Å². The van der Waals surface area contributed by atoms with Crippen LogP contribution in [0.15, 0.2) is 24.3 Å². The van der Waals surface area contributed by atoms with E-state index in [-0.39, 0.29) is 11.2 Å². The summed E-state index contributed by atoms with van der Waals surface area (Å²) in [5, 5.41) is 9.36. The van der Waals surface area contributed by atoms with Crippen molar-refractivity contribution in [1.82, 2.24) is 0 Å². The van der Waals surface area contributed by atoms with Gasteiger partial charge in [-0.2, -0.15) is 0 Å². The summed E-state index contributed by atoms with van der Waals surface area (Å²) in [4.78, 5) is 23.8. The van der Waals surface area contributed by atoms with Gasteiger partial charge in [-0.05, 0) is 49.3 Å². The van der Waals surface area contributed by atoms with Crippen LogP contribution in [-0.2, 0) is 15.0 Å². The topological polar surface area (TPSA) is 63.6 Å². The van der Waals surface area contributed by atoms with Gasteiger partial charge in [0.25, 0.3) is 0 Å². The van der Waals surface area contributed by atoms with Gasteiger partial charge in [0.1, 0.15) is 11.5 Å². The molecule has 0 spiro atoms. The van der Waals surface area contributed by atoms with Crippen LogP contribution in [0.1, 0.15) is 58.4 Å². The molecule has 4 heteroatoms. The predicted molar refractivity (Wildman–Crippen MR) is 93.3 cm³/mol. The number of carboxylic acids is 1. The second kappa shape index (κ2) is 7.82. The van der Waals surface area contributed by atoms with Crippen LogP contribution in [-0.4, -0.2) is 23.5 Å². The Morgan fingerprint density at radius 2 is 2.17 bits per heavy atom. The van der Waals surface area contributed by atoms with Gasteiger partial charge in [0.2, 0.25) is 0 Å². The highest BCUT2D eigenvalue weighted by Gasteiger charge is 2.44. The molecule has 2 rings (SSSR count). The summed E-state index contributed by atoms with van der Waals surface area (Å²) in [5.74, 6) is -0.992. The number of hydrogen-bond acceptors (Lipinski definition) is 3. The molecule has 0 heterocycles. The van der Waals surface area contributed by atoms with Gasteiger partial charge >= 0.3 is 5.97 Å². The maximum atomic E-state index is 12.3. The lowest BCUT2D eigenvalue weighted by Gasteiger charge is -2.42. The summed E-state index contributed by atoms with van der Waals surface area (Å²) in [6, 6.07) is 8.09. The molecule has 1 saturated carbocycles. The minimum absolute atomic E-state index is 0.0950. The lowest BCUT2D eigenvalue weighted by Crippen LogP contribution is -2.41. The summed E-state index contributed by atoms with van der Waals surface area (Å²) in [5.41, 5.74) is 1.04. The van der Waals surface area contributed by atoms with Crippen molar-refractivity contribution in [1.29, 1.82) is 0 Å². The van der Waals surface area contributed by atoms with E-state index in [1.807, 2.05) is 19.1 Å². The minimum atomic E-state index is -0.885. The summed E-state index contributed by atoms with van der Waals surface area (Å²) in [7, 11) is 0. The van der Waals surface area contributed by atoms with Gasteiger partial charge in [0.15, 0.2) is 0 Å². The van der Waals surface area contributed by atoms with Crippen molar-refractivity contribution in [3.63, 3.8) is 0 Å². The number of carbonyl (C=O) groups is 2. The number of Topliss-reactive ketones (excluding diaryl/α,β-unsaturated/α-hetero) is 1. The zero-order chi connectivity index (χ0) is 17.7. The third kappa shape index (κ3) is 3.80. The monoisotopic (exact) mass is 332 g/mol. The van der Waals surface area contributed by atoms with Crippen LogP contribution in [0.25, 0.3) is 0 Å². The first-order valence-electron chi connectivity index (χ1n) is 8.92. The number of carboxylic acid groups (broad SMARTS) is 1. The average Bonchev–Trinajstić information content (AvgIpc) is 2.57. The van der Waals surface area contributed by atoms with E-state index in [9.17, 15) is 14.7 Å². The third-order valence-electron chi connectivity index (χ3n) is 5.35. The fourth-order valence-electron chi connectivity index (χ4n) is 4.01. The highest BCUT2D eigenvalue weighted by Crippen LogP contribution is 2.46. The maximum absolute atomic E-state index is 12.3. The summed E-state index contributed by atoms with van der Waals surface area (Å²) < 4.78 is 5.63. The molecule has 1 fully saturated rings. The quantitative estimate of drug-likeness (QED) is 0.812. The number of carbonyl (C=O) groups excluding carboxylic acids is 1. The van der Waals surface area contributed by atoms with E-state index in [1.54, 1.807) is 6.92 Å². The van der Waals surface area contributed by atoms with Crippen molar-refractivity contribution < 1.29 is 19.4 Å². The van der Waals surface area contributed by atoms with E-state index in [1.165, 1.54) is 5.56 Å². The van der Waals surface area contributed by atoms with E-state index in [0.717, 1.165) is 25.0 Å². The molecule has 1 aliphatic carbocycles. The van der Waals surface area contributed by atoms with Crippen LogP contribution in [0.3, 0.4) is 0 Å². The largest absolute Gasteiger partial charge is 0.494 e. The van der Waals surface area contributed by atoms with E-state index >= 15 is 0 Å². The Kier molecular flexibility index (Phi) is 6.03. The molecule has 3 unspecified atom stereocenters. The Hall–Kier alpha value is -1.84. The molecule has 132 valence electrons. The van der Waals surface area contributed by atoms with E-state index in [2.05, 4.69) is 19.1 Å². The van der Waals surface area contributed by atoms with Crippen molar-refractivity contribution in [2.75, 3.05) is 6.61 Å². The van der Waals surface area contributed by atoms with Gasteiger partial charge < -0.3 is 9.84 Å². The highest BCUT2D eigenvalue weighted by atomic mass is 16.5. The molecule has 3 atom stereocenters. The minimum Gasteiger partial charge on any atom is -0.494 e. The molecule has 0 aromatic heterocycles. The molecule has 4 nitrogen and oxygen atoms in total. The number of aliphatic carboxylic acids is 1.